The Hall–Kier alpha value is -3.59. The maximum Gasteiger partial charge on any atom is 0.336 e. The number of nitrogens with one attached hydrogen (secondary N) is 1. The second kappa shape index (κ2) is 9.50. The van der Waals surface area contributed by atoms with Crippen LogP contribution in [0.4, 0.5) is 5.69 Å². The van der Waals surface area contributed by atoms with E-state index >= 15 is 0 Å². The lowest BCUT2D eigenvalue weighted by Crippen LogP contribution is -2.27. The van der Waals surface area contributed by atoms with E-state index in [2.05, 4.69) is 15.4 Å². The Morgan fingerprint density at radius 3 is 2.58 bits per heavy atom. The molecule has 174 valence electrons. The maximum absolute atomic E-state index is 12.3. The van der Waals surface area contributed by atoms with Crippen molar-refractivity contribution in [1.29, 1.82) is 0 Å². The van der Waals surface area contributed by atoms with Gasteiger partial charge in [-0.05, 0) is 49.4 Å². The Bertz CT molecular complexity index is 1120. The van der Waals surface area contributed by atoms with Crippen molar-refractivity contribution in [3.05, 3.63) is 42.5 Å². The van der Waals surface area contributed by atoms with E-state index in [1.165, 1.54) is 0 Å². The second-order valence-electron chi connectivity index (χ2n) is 8.49. The van der Waals surface area contributed by atoms with Crippen molar-refractivity contribution in [1.82, 2.24) is 14.8 Å². The number of hydrogen-bond donors (Lipinski definition) is 1. The number of amides is 1. The van der Waals surface area contributed by atoms with Crippen molar-refractivity contribution in [2.24, 2.45) is 5.41 Å². The molecule has 0 unspecified atom stereocenters. The highest BCUT2D eigenvalue weighted by Crippen LogP contribution is 2.36. The zero-order valence-electron chi connectivity index (χ0n) is 19.3. The minimum absolute atomic E-state index is 0.0537. The predicted octanol–water partition coefficient (Wildman–Crippen LogP) is 4.06. The van der Waals surface area contributed by atoms with Gasteiger partial charge in [-0.1, -0.05) is 20.8 Å². The highest BCUT2D eigenvalue weighted by Gasteiger charge is 2.22. The molecule has 2 aromatic carbocycles. The minimum atomic E-state index is -0.481. The molecule has 0 radical (unpaired) electrons. The molecule has 1 aliphatic rings. The summed E-state index contributed by atoms with van der Waals surface area (Å²) in [5.41, 5.74) is 1.79. The van der Waals surface area contributed by atoms with E-state index in [-0.39, 0.29) is 18.7 Å². The Morgan fingerprint density at radius 2 is 1.85 bits per heavy atom. The zero-order chi connectivity index (χ0) is 23.4. The molecule has 3 aromatic rings. The third kappa shape index (κ3) is 5.25. The summed E-state index contributed by atoms with van der Waals surface area (Å²) in [7, 11) is 0. The number of carbonyl (C=O) groups is 1. The normalized spacial score (nSPS) is 12.6. The van der Waals surface area contributed by atoms with Gasteiger partial charge in [-0.15, -0.1) is 5.10 Å². The van der Waals surface area contributed by atoms with Gasteiger partial charge in [0.25, 0.3) is 0 Å². The fourth-order valence-corrected chi connectivity index (χ4v) is 3.10. The number of benzene rings is 2. The number of nitrogens with zero attached hydrogens (tertiary/aromatic N) is 3. The largest absolute Gasteiger partial charge is 0.460 e. The SMILES string of the molecule is CCOCCOc1nc(-c2ccc3c(c2)OCO3)n(-c2ccc(NC(=O)C(C)(C)C)cc2)n1. The number of carbonyl (C=O) groups excluding carboxylic acids is 1. The fraction of sp³-hybridized carbons (Fsp3) is 0.375. The van der Waals surface area contributed by atoms with Gasteiger partial charge < -0.3 is 24.3 Å². The molecule has 0 atom stereocenters. The molecule has 9 nitrogen and oxygen atoms in total. The molecular weight excluding hydrogens is 424 g/mol. The van der Waals surface area contributed by atoms with Crippen LogP contribution in [0.15, 0.2) is 42.5 Å². The number of aromatic nitrogens is 3. The average molecular weight is 453 g/mol. The standard InChI is InChI=1S/C24H28N4O5/c1-5-30-12-13-31-23-26-21(16-6-11-19-20(14-16)33-15-32-19)28(27-23)18-9-7-17(8-10-18)25-22(29)24(2,3)4/h6-11,14H,5,12-13,15H2,1-4H3,(H,25,29). The topological polar surface area (TPSA) is 96.7 Å². The summed E-state index contributed by atoms with van der Waals surface area (Å²) >= 11 is 0. The summed E-state index contributed by atoms with van der Waals surface area (Å²) in [5.74, 6) is 1.88. The Kier molecular flexibility index (Phi) is 6.50. The Labute approximate surface area is 192 Å². The van der Waals surface area contributed by atoms with E-state index in [1.54, 1.807) is 4.68 Å². The van der Waals surface area contributed by atoms with Crippen LogP contribution in [-0.2, 0) is 9.53 Å². The number of anilines is 1. The van der Waals surface area contributed by atoms with Gasteiger partial charge in [-0.2, -0.15) is 4.98 Å². The first-order valence-electron chi connectivity index (χ1n) is 10.8. The Morgan fingerprint density at radius 1 is 1.09 bits per heavy atom. The lowest BCUT2D eigenvalue weighted by molar-refractivity contribution is -0.123. The van der Waals surface area contributed by atoms with Crippen molar-refractivity contribution in [2.75, 3.05) is 31.9 Å². The van der Waals surface area contributed by atoms with E-state index < -0.39 is 5.41 Å². The molecule has 1 N–H and O–H groups in total. The first kappa shape index (κ1) is 22.6. The highest BCUT2D eigenvalue weighted by atomic mass is 16.7. The molecule has 9 heteroatoms. The van der Waals surface area contributed by atoms with E-state index in [4.69, 9.17) is 18.9 Å². The first-order chi connectivity index (χ1) is 15.8. The van der Waals surface area contributed by atoms with Gasteiger partial charge in [0.1, 0.15) is 6.61 Å². The zero-order valence-corrected chi connectivity index (χ0v) is 19.3. The van der Waals surface area contributed by atoms with Crippen LogP contribution in [0.5, 0.6) is 17.5 Å². The summed E-state index contributed by atoms with van der Waals surface area (Å²) in [5, 5.41) is 7.47. The molecule has 0 bridgehead atoms. The van der Waals surface area contributed by atoms with E-state index in [1.807, 2.05) is 70.2 Å². The molecule has 0 saturated carbocycles. The van der Waals surface area contributed by atoms with Crippen LogP contribution in [0.3, 0.4) is 0 Å². The van der Waals surface area contributed by atoms with Crippen LogP contribution >= 0.6 is 0 Å². The lowest BCUT2D eigenvalue weighted by Gasteiger charge is -2.17. The lowest BCUT2D eigenvalue weighted by atomic mass is 9.95. The summed E-state index contributed by atoms with van der Waals surface area (Å²) in [4.78, 5) is 16.9. The van der Waals surface area contributed by atoms with Gasteiger partial charge in [0, 0.05) is 23.3 Å². The minimum Gasteiger partial charge on any atom is -0.460 e. The number of rotatable bonds is 8. The van der Waals surface area contributed by atoms with Gasteiger partial charge in [0.15, 0.2) is 17.3 Å². The number of fused-ring (bicyclic) bond motifs is 1. The average Bonchev–Trinajstić information content (AvgIpc) is 3.43. The van der Waals surface area contributed by atoms with Crippen LogP contribution in [0.25, 0.3) is 17.1 Å². The predicted molar refractivity (Wildman–Crippen MR) is 123 cm³/mol. The molecular formula is C24H28N4O5. The van der Waals surface area contributed by atoms with E-state index in [0.29, 0.717) is 42.8 Å². The molecule has 0 spiro atoms. The van der Waals surface area contributed by atoms with Crippen LogP contribution in [-0.4, -0.2) is 47.3 Å². The molecule has 2 heterocycles. The quantitative estimate of drug-likeness (QED) is 0.515. The van der Waals surface area contributed by atoms with Crippen LogP contribution in [0.1, 0.15) is 27.7 Å². The molecule has 4 rings (SSSR count). The summed E-state index contributed by atoms with van der Waals surface area (Å²) in [6.07, 6.45) is 0. The molecule has 0 saturated heterocycles. The summed E-state index contributed by atoms with van der Waals surface area (Å²) in [6.45, 7) is 9.15. The van der Waals surface area contributed by atoms with E-state index in [0.717, 1.165) is 11.3 Å². The third-order valence-corrected chi connectivity index (χ3v) is 4.93. The van der Waals surface area contributed by atoms with Crippen molar-refractivity contribution in [3.8, 4) is 34.6 Å². The van der Waals surface area contributed by atoms with Gasteiger partial charge in [0.2, 0.25) is 12.7 Å². The first-order valence-corrected chi connectivity index (χ1v) is 10.8. The van der Waals surface area contributed by atoms with Crippen molar-refractivity contribution >= 4 is 11.6 Å². The van der Waals surface area contributed by atoms with Gasteiger partial charge in [0.05, 0.1) is 12.3 Å². The van der Waals surface area contributed by atoms with Gasteiger partial charge in [-0.25, -0.2) is 4.68 Å². The van der Waals surface area contributed by atoms with Gasteiger partial charge >= 0.3 is 6.01 Å². The summed E-state index contributed by atoms with van der Waals surface area (Å²) in [6, 6.07) is 13.3. The highest BCUT2D eigenvalue weighted by molar-refractivity contribution is 5.94. The molecule has 1 aromatic heterocycles. The number of ether oxygens (including phenoxy) is 4. The van der Waals surface area contributed by atoms with E-state index in [9.17, 15) is 4.79 Å². The van der Waals surface area contributed by atoms with Crippen LogP contribution < -0.4 is 19.5 Å². The van der Waals surface area contributed by atoms with Crippen molar-refractivity contribution in [2.45, 2.75) is 27.7 Å². The van der Waals surface area contributed by atoms with Crippen molar-refractivity contribution in [3.63, 3.8) is 0 Å². The monoisotopic (exact) mass is 452 g/mol. The number of hydrogen-bond acceptors (Lipinski definition) is 7. The smallest absolute Gasteiger partial charge is 0.336 e. The maximum atomic E-state index is 12.3. The fourth-order valence-electron chi connectivity index (χ4n) is 3.10. The molecule has 1 aliphatic heterocycles. The molecule has 33 heavy (non-hydrogen) atoms. The van der Waals surface area contributed by atoms with Crippen LogP contribution in [0.2, 0.25) is 0 Å². The second-order valence-corrected chi connectivity index (χ2v) is 8.49. The molecule has 1 amide bonds. The van der Waals surface area contributed by atoms with Gasteiger partial charge in [-0.3, -0.25) is 4.79 Å². The summed E-state index contributed by atoms with van der Waals surface area (Å²) < 4.78 is 23.7. The molecule has 0 fully saturated rings. The molecule has 0 aliphatic carbocycles. The van der Waals surface area contributed by atoms with Crippen molar-refractivity contribution < 1.29 is 23.7 Å². The third-order valence-electron chi connectivity index (χ3n) is 4.93. The Balaban J connectivity index is 1.63. The van der Waals surface area contributed by atoms with Crippen LogP contribution in [0, 0.1) is 5.41 Å².